The minimum absolute atomic E-state index is 0.0125. The third kappa shape index (κ3) is 7.20. The van der Waals surface area contributed by atoms with Gasteiger partial charge >= 0.3 is 0 Å². The van der Waals surface area contributed by atoms with Crippen molar-refractivity contribution in [3.8, 4) is 51.4 Å². The number of hydrogen-bond donors (Lipinski definition) is 6. The van der Waals surface area contributed by atoms with Crippen LogP contribution in [0.3, 0.4) is 0 Å². The van der Waals surface area contributed by atoms with Crippen molar-refractivity contribution in [2.45, 2.75) is 135 Å². The first-order valence-electron chi connectivity index (χ1n) is 23.3. The first kappa shape index (κ1) is 45.1. The Hall–Kier alpha value is -2.72. The van der Waals surface area contributed by atoms with Crippen LogP contribution in [0, 0.1) is 11.8 Å². The summed E-state index contributed by atoms with van der Waals surface area (Å²) in [6, 6.07) is 9.07. The molecule has 346 valence electrons. The highest BCUT2D eigenvalue weighted by molar-refractivity contribution is 8.77. The lowest BCUT2D eigenvalue weighted by Crippen LogP contribution is -2.57. The normalized spacial score (nSPS) is 31.1. The van der Waals surface area contributed by atoms with Crippen molar-refractivity contribution in [1.29, 1.82) is 0 Å². The number of hydrogen-bond acceptors (Lipinski definition) is 14. The van der Waals surface area contributed by atoms with E-state index in [2.05, 4.69) is 19.9 Å². The van der Waals surface area contributed by atoms with Gasteiger partial charge in [0.1, 0.15) is 30.0 Å². The number of phenolic OH excluding ortho intramolecular Hbond substituents is 3. The van der Waals surface area contributed by atoms with Crippen LogP contribution in [-0.2, 0) is 11.0 Å². The fraction of sp³-hybridized carbons (Fsp3) is 0.600. The third-order valence-electron chi connectivity index (χ3n) is 15.7. The van der Waals surface area contributed by atoms with Crippen molar-refractivity contribution in [2.75, 3.05) is 39.3 Å². The SMILES string of the molecule is COc1c(O)c(OCCC(C)C)cc([C@@]23CC[C@@H]4SS[C@H]5C[C@@H]6CC=C5C5(CCCCC5)SSC[C@@]5(CO)c7c(c(OCCO)cc(c7[C@H]4[C@H]2O)O3)-c2ccc(O)cc2[C@H]5CC6)c1O. The van der Waals surface area contributed by atoms with Gasteiger partial charge in [-0.15, -0.1) is 0 Å². The minimum atomic E-state index is -1.50. The number of rotatable bonds is 10. The summed E-state index contributed by atoms with van der Waals surface area (Å²) in [6.45, 7) is 4.13. The lowest BCUT2D eigenvalue weighted by atomic mass is 9.56. The first-order chi connectivity index (χ1) is 31.0. The summed E-state index contributed by atoms with van der Waals surface area (Å²) >= 11 is 0. The molecule has 1 spiro atoms. The molecule has 6 N–H and O–H groups in total. The van der Waals surface area contributed by atoms with Gasteiger partial charge in [0.05, 0.1) is 26.9 Å². The first-order valence-corrected chi connectivity index (χ1v) is 27.9. The van der Waals surface area contributed by atoms with E-state index in [0.29, 0.717) is 53.8 Å². The van der Waals surface area contributed by atoms with Crippen LogP contribution < -0.4 is 18.9 Å². The van der Waals surface area contributed by atoms with Gasteiger partial charge in [0, 0.05) is 55.1 Å². The molecule has 10 nitrogen and oxygen atoms in total. The minimum Gasteiger partial charge on any atom is -0.508 e. The number of benzene rings is 3. The summed E-state index contributed by atoms with van der Waals surface area (Å²) in [4.78, 5) is 0. The maximum absolute atomic E-state index is 13.5. The van der Waals surface area contributed by atoms with Gasteiger partial charge in [-0.25, -0.2) is 0 Å². The molecule has 3 aromatic carbocycles. The fourth-order valence-corrected chi connectivity index (χ4v) is 20.3. The summed E-state index contributed by atoms with van der Waals surface area (Å²) in [6.07, 6.45) is 12.9. The summed E-state index contributed by atoms with van der Waals surface area (Å²) in [5.74, 6) is 1.17. The van der Waals surface area contributed by atoms with E-state index < -0.39 is 23.0 Å². The van der Waals surface area contributed by atoms with E-state index in [-0.39, 0.29) is 70.0 Å². The number of aliphatic hydroxyl groups excluding tert-OH is 3. The van der Waals surface area contributed by atoms with Crippen molar-refractivity contribution in [2.24, 2.45) is 11.8 Å². The van der Waals surface area contributed by atoms with Gasteiger partial charge in [0.25, 0.3) is 0 Å². The molecular weight excluding hydrogens is 889 g/mol. The largest absolute Gasteiger partial charge is 0.508 e. The van der Waals surface area contributed by atoms with Gasteiger partial charge < -0.3 is 49.6 Å². The Labute approximate surface area is 392 Å². The summed E-state index contributed by atoms with van der Waals surface area (Å²) in [7, 11) is 9.15. The molecule has 3 aromatic rings. The molecule has 0 amide bonds. The summed E-state index contributed by atoms with van der Waals surface area (Å²) in [5, 5.41) is 71.1. The topological polar surface area (TPSA) is 158 Å². The van der Waals surface area contributed by atoms with Crippen LogP contribution in [0.5, 0.6) is 40.2 Å². The van der Waals surface area contributed by atoms with Crippen molar-refractivity contribution in [3.05, 3.63) is 64.2 Å². The molecule has 5 heterocycles. The lowest BCUT2D eigenvalue weighted by molar-refractivity contribution is -0.112. The Kier molecular flexibility index (Phi) is 12.5. The quantitative estimate of drug-likeness (QED) is 0.0842. The van der Waals surface area contributed by atoms with Crippen LogP contribution in [0.25, 0.3) is 11.1 Å². The second-order valence-corrected chi connectivity index (χ2v) is 25.0. The molecular formula is C50H62O10S4. The number of methoxy groups -OCH3 is 1. The Bertz CT molecular complexity index is 2300. The van der Waals surface area contributed by atoms with E-state index in [1.807, 2.05) is 61.4 Å². The average Bonchev–Trinajstić information content (AvgIpc) is 3.29. The van der Waals surface area contributed by atoms with Crippen LogP contribution in [0.2, 0.25) is 0 Å². The van der Waals surface area contributed by atoms with Crippen LogP contribution >= 0.6 is 43.2 Å². The molecule has 5 aliphatic heterocycles. The van der Waals surface area contributed by atoms with Gasteiger partial charge in [-0.3, -0.25) is 0 Å². The average molecular weight is 951 g/mol. The van der Waals surface area contributed by atoms with Crippen LogP contribution in [0.1, 0.15) is 125 Å². The molecule has 14 heteroatoms. The van der Waals surface area contributed by atoms with Crippen molar-refractivity contribution < 1.29 is 49.6 Å². The predicted octanol–water partition coefficient (Wildman–Crippen LogP) is 10.5. The number of fused-ring (bicyclic) bond motifs is 5. The number of ether oxygens (including phenoxy) is 4. The highest BCUT2D eigenvalue weighted by Gasteiger charge is 2.62. The van der Waals surface area contributed by atoms with Crippen molar-refractivity contribution in [1.82, 2.24) is 0 Å². The Balaban J connectivity index is 1.25. The zero-order chi connectivity index (χ0) is 44.5. The van der Waals surface area contributed by atoms with Gasteiger partial charge in [-0.05, 0) is 116 Å². The van der Waals surface area contributed by atoms with Crippen LogP contribution in [0.4, 0.5) is 0 Å². The van der Waals surface area contributed by atoms with Crippen LogP contribution in [-0.4, -0.2) is 91.3 Å². The highest BCUT2D eigenvalue weighted by atomic mass is 33.1. The maximum atomic E-state index is 13.5. The molecule has 12 rings (SSSR count). The predicted molar refractivity (Wildman–Crippen MR) is 258 cm³/mol. The fourth-order valence-electron chi connectivity index (χ4n) is 12.5. The zero-order valence-electron chi connectivity index (χ0n) is 37.0. The molecule has 2 saturated carbocycles. The van der Waals surface area contributed by atoms with Crippen molar-refractivity contribution >= 4 is 43.2 Å². The number of phenols is 3. The van der Waals surface area contributed by atoms with E-state index in [1.165, 1.54) is 26.4 Å². The van der Waals surface area contributed by atoms with Gasteiger partial charge in [0.2, 0.25) is 11.5 Å². The molecule has 0 radical (unpaired) electrons. The van der Waals surface area contributed by atoms with Gasteiger partial charge in [-0.2, -0.15) is 0 Å². The smallest absolute Gasteiger partial charge is 0.207 e. The van der Waals surface area contributed by atoms with Crippen LogP contribution in [0.15, 0.2) is 42.0 Å². The van der Waals surface area contributed by atoms with Gasteiger partial charge in [-0.1, -0.05) is 88.4 Å². The van der Waals surface area contributed by atoms with E-state index in [4.69, 9.17) is 18.9 Å². The Morgan fingerprint density at radius 3 is 2.48 bits per heavy atom. The van der Waals surface area contributed by atoms with E-state index in [0.717, 1.165) is 72.8 Å². The molecule has 0 unspecified atom stereocenters. The monoisotopic (exact) mass is 950 g/mol. The van der Waals surface area contributed by atoms with E-state index in [9.17, 15) is 30.6 Å². The number of aromatic hydroxyl groups is 3. The van der Waals surface area contributed by atoms with Crippen molar-refractivity contribution in [3.63, 3.8) is 0 Å². The third-order valence-corrected chi connectivity index (χ3v) is 22.4. The second-order valence-electron chi connectivity index (χ2n) is 19.6. The second kappa shape index (κ2) is 17.7. The van der Waals surface area contributed by atoms with Gasteiger partial charge in [0.15, 0.2) is 17.1 Å². The molecule has 9 aliphatic rings. The molecule has 4 aliphatic carbocycles. The number of aliphatic hydroxyl groups is 3. The molecule has 64 heavy (non-hydrogen) atoms. The molecule has 8 atom stereocenters. The molecule has 3 fully saturated rings. The molecule has 8 bridgehead atoms. The summed E-state index contributed by atoms with van der Waals surface area (Å²) < 4.78 is 25.8. The number of allylic oxidation sites excluding steroid dienone is 1. The zero-order valence-corrected chi connectivity index (χ0v) is 40.2. The molecule has 0 aromatic heterocycles. The molecule has 1 saturated heterocycles. The van der Waals surface area contributed by atoms with E-state index >= 15 is 0 Å². The maximum Gasteiger partial charge on any atom is 0.207 e. The Morgan fingerprint density at radius 1 is 0.906 bits per heavy atom. The Morgan fingerprint density at radius 2 is 1.72 bits per heavy atom. The van der Waals surface area contributed by atoms with E-state index in [1.54, 1.807) is 17.7 Å². The highest BCUT2D eigenvalue weighted by Crippen LogP contribution is 2.69. The standard InChI is InChI=1S/C50H62O10S4/c1-27(2)14-19-58-37-23-34(44(54)46(57-3)45(37)55)50-17-13-38-42(47(50)56)41-36(60-50)24-35(59-20-18-51)40-30-10-9-29(53)22-31(30)32-11-7-28-8-12-33(39(21-28)63-62-38)49(15-5-4-6-16-49)64-61-26-48(32,25-52)43(40)41/h9-10,12,22-24,27-28,32,38-39,42,47,51-56H,4-8,11,13-21,25-26H2,1-3H3/t28-,32+,38-,39-,42-,47+,48+,50-/m0/s1. The lowest BCUT2D eigenvalue weighted by Gasteiger charge is -2.55. The summed E-state index contributed by atoms with van der Waals surface area (Å²) in [5.41, 5.74) is 3.91.